The predicted octanol–water partition coefficient (Wildman–Crippen LogP) is 4.12. The number of benzene rings is 2. The molecule has 0 bridgehead atoms. The van der Waals surface area contributed by atoms with Crippen molar-refractivity contribution < 1.29 is 4.79 Å². The number of fused-ring (bicyclic) bond motifs is 1. The zero-order valence-electron chi connectivity index (χ0n) is 10.6. The van der Waals surface area contributed by atoms with Crippen LogP contribution in [0.25, 0.3) is 10.8 Å². The largest absolute Gasteiger partial charge is 0.294 e. The molecule has 3 nitrogen and oxygen atoms in total. The highest BCUT2D eigenvalue weighted by Crippen LogP contribution is 2.28. The summed E-state index contributed by atoms with van der Waals surface area (Å²) >= 11 is 6.17. The smallest absolute Gasteiger partial charge is 0.163 e. The van der Waals surface area contributed by atoms with Crippen LogP contribution in [0.2, 0.25) is 5.02 Å². The van der Waals surface area contributed by atoms with Gasteiger partial charge in [0.25, 0.3) is 0 Å². The first-order chi connectivity index (χ1) is 9.67. The van der Waals surface area contributed by atoms with Gasteiger partial charge in [0.15, 0.2) is 5.78 Å². The summed E-state index contributed by atoms with van der Waals surface area (Å²) in [5, 5.41) is 19.6. The van der Waals surface area contributed by atoms with Crippen LogP contribution in [0.5, 0.6) is 0 Å². The topological polar surface area (TPSA) is 64.7 Å². The summed E-state index contributed by atoms with van der Waals surface area (Å²) in [5.74, 6) is -0.844. The van der Waals surface area contributed by atoms with Gasteiger partial charge in [-0.3, -0.25) is 4.79 Å². The van der Waals surface area contributed by atoms with E-state index in [1.165, 1.54) is 0 Å². The zero-order valence-corrected chi connectivity index (χ0v) is 11.4. The Bertz CT molecular complexity index is 721. The van der Waals surface area contributed by atoms with Crippen molar-refractivity contribution in [3.63, 3.8) is 0 Å². The third-order valence-electron chi connectivity index (χ3n) is 3.13. The van der Waals surface area contributed by atoms with Gasteiger partial charge in [-0.2, -0.15) is 10.5 Å². The van der Waals surface area contributed by atoms with Gasteiger partial charge in [0.1, 0.15) is 5.92 Å². The Kier molecular flexibility index (Phi) is 4.35. The number of ketones is 1. The molecule has 0 saturated carbocycles. The number of nitriles is 2. The van der Waals surface area contributed by atoms with Gasteiger partial charge in [-0.15, -0.1) is 0 Å². The Hall–Kier alpha value is -2.36. The fourth-order valence-electron chi connectivity index (χ4n) is 2.10. The van der Waals surface area contributed by atoms with Gasteiger partial charge < -0.3 is 0 Å². The minimum absolute atomic E-state index is 0.0980. The van der Waals surface area contributed by atoms with Crippen molar-refractivity contribution in [1.82, 2.24) is 0 Å². The second kappa shape index (κ2) is 6.19. The molecule has 0 unspecified atom stereocenters. The molecule has 0 saturated heterocycles. The lowest BCUT2D eigenvalue weighted by molar-refractivity contribution is 0.0980. The summed E-state index contributed by atoms with van der Waals surface area (Å²) < 4.78 is 0. The molecule has 0 atom stereocenters. The highest BCUT2D eigenvalue weighted by molar-refractivity contribution is 6.37. The van der Waals surface area contributed by atoms with E-state index < -0.39 is 5.92 Å². The summed E-state index contributed by atoms with van der Waals surface area (Å²) in [6.45, 7) is 0. The van der Waals surface area contributed by atoms with Crippen molar-refractivity contribution in [1.29, 1.82) is 10.5 Å². The van der Waals surface area contributed by atoms with Crippen molar-refractivity contribution in [3.8, 4) is 12.1 Å². The number of nitrogens with zero attached hydrogens (tertiary/aromatic N) is 2. The van der Waals surface area contributed by atoms with E-state index in [1.54, 1.807) is 18.2 Å². The fraction of sp³-hybridized carbons (Fsp3) is 0.188. The molecule has 0 aliphatic carbocycles. The van der Waals surface area contributed by atoms with E-state index in [1.807, 2.05) is 30.3 Å². The lowest BCUT2D eigenvalue weighted by Crippen LogP contribution is -2.03. The summed E-state index contributed by atoms with van der Waals surface area (Å²) in [5.41, 5.74) is 0.544. The summed E-state index contributed by atoms with van der Waals surface area (Å²) in [7, 11) is 0. The summed E-state index contributed by atoms with van der Waals surface area (Å²) in [4.78, 5) is 12.3. The Balaban J connectivity index is 2.32. The average molecular weight is 283 g/mol. The van der Waals surface area contributed by atoms with Crippen LogP contribution in [-0.4, -0.2) is 5.78 Å². The standard InChI is InChI=1S/C16H11ClN2O/c17-14-6-2-4-12-3-1-5-13(16(12)14)15(20)8-7-11(9-18)10-19/h1-6,11H,7-8H2. The molecule has 0 heterocycles. The minimum Gasteiger partial charge on any atom is -0.294 e. The van der Waals surface area contributed by atoms with E-state index in [-0.39, 0.29) is 18.6 Å². The lowest BCUT2D eigenvalue weighted by atomic mass is 9.96. The first-order valence-corrected chi connectivity index (χ1v) is 6.55. The van der Waals surface area contributed by atoms with Crippen molar-refractivity contribution in [3.05, 3.63) is 47.0 Å². The van der Waals surface area contributed by atoms with Crippen LogP contribution in [0.4, 0.5) is 0 Å². The molecule has 2 aromatic rings. The van der Waals surface area contributed by atoms with Gasteiger partial charge in [0.2, 0.25) is 0 Å². The van der Waals surface area contributed by atoms with Crippen LogP contribution in [0, 0.1) is 28.6 Å². The Morgan fingerprint density at radius 3 is 2.45 bits per heavy atom. The number of hydrogen-bond donors (Lipinski definition) is 0. The number of carbonyl (C=O) groups excluding carboxylic acids is 1. The summed E-state index contributed by atoms with van der Waals surface area (Å²) in [6.07, 6.45) is 0.406. The molecule has 0 aliphatic rings. The zero-order chi connectivity index (χ0) is 14.5. The molecule has 0 aromatic heterocycles. The third-order valence-corrected chi connectivity index (χ3v) is 3.44. The Morgan fingerprint density at radius 2 is 1.80 bits per heavy atom. The van der Waals surface area contributed by atoms with Gasteiger partial charge in [-0.1, -0.05) is 41.9 Å². The molecule has 0 spiro atoms. The van der Waals surface area contributed by atoms with Gasteiger partial charge in [-0.25, -0.2) is 0 Å². The number of hydrogen-bond acceptors (Lipinski definition) is 3. The number of halogens is 1. The van der Waals surface area contributed by atoms with E-state index in [0.29, 0.717) is 10.6 Å². The maximum absolute atomic E-state index is 12.3. The molecule has 2 rings (SSSR count). The molecule has 2 aromatic carbocycles. The van der Waals surface area contributed by atoms with E-state index >= 15 is 0 Å². The van der Waals surface area contributed by atoms with E-state index in [4.69, 9.17) is 22.1 Å². The first kappa shape index (κ1) is 14.1. The molecular formula is C16H11ClN2O. The van der Waals surface area contributed by atoms with Crippen LogP contribution in [-0.2, 0) is 0 Å². The highest BCUT2D eigenvalue weighted by atomic mass is 35.5. The maximum Gasteiger partial charge on any atom is 0.163 e. The van der Waals surface area contributed by atoms with Gasteiger partial charge in [0.05, 0.1) is 12.1 Å². The SMILES string of the molecule is N#CC(C#N)CCC(=O)c1cccc2cccc(Cl)c12. The number of rotatable bonds is 4. The first-order valence-electron chi connectivity index (χ1n) is 6.17. The Labute approximate surface area is 122 Å². The van der Waals surface area contributed by atoms with Crippen molar-refractivity contribution >= 4 is 28.2 Å². The second-order valence-electron chi connectivity index (χ2n) is 4.42. The number of Topliss-reactive ketones (excluding diaryl/α,β-unsaturated/α-hetero) is 1. The van der Waals surface area contributed by atoms with Crippen LogP contribution < -0.4 is 0 Å². The molecule has 0 fully saturated rings. The monoisotopic (exact) mass is 282 g/mol. The maximum atomic E-state index is 12.3. The molecule has 0 aliphatic heterocycles. The van der Waals surface area contributed by atoms with Crippen LogP contribution >= 0.6 is 11.6 Å². The molecule has 0 N–H and O–H groups in total. The molecule has 4 heteroatoms. The predicted molar refractivity (Wildman–Crippen MR) is 77.2 cm³/mol. The minimum atomic E-state index is -0.746. The van der Waals surface area contributed by atoms with Crippen LogP contribution in [0.3, 0.4) is 0 Å². The Morgan fingerprint density at radius 1 is 1.15 bits per heavy atom. The molecular weight excluding hydrogens is 272 g/mol. The normalized spacial score (nSPS) is 10.2. The van der Waals surface area contributed by atoms with E-state index in [9.17, 15) is 4.79 Å². The summed E-state index contributed by atoms with van der Waals surface area (Å²) in [6, 6.07) is 14.6. The quantitative estimate of drug-likeness (QED) is 0.792. The molecule has 0 radical (unpaired) electrons. The van der Waals surface area contributed by atoms with Crippen LogP contribution in [0.1, 0.15) is 23.2 Å². The van der Waals surface area contributed by atoms with Crippen molar-refractivity contribution in [2.24, 2.45) is 5.92 Å². The van der Waals surface area contributed by atoms with Gasteiger partial charge in [0, 0.05) is 22.4 Å². The number of carbonyl (C=O) groups is 1. The van der Waals surface area contributed by atoms with E-state index in [0.717, 1.165) is 10.8 Å². The lowest BCUT2D eigenvalue weighted by Gasteiger charge is -2.07. The fourth-order valence-corrected chi connectivity index (χ4v) is 2.38. The second-order valence-corrected chi connectivity index (χ2v) is 4.82. The van der Waals surface area contributed by atoms with Crippen molar-refractivity contribution in [2.75, 3.05) is 0 Å². The third kappa shape index (κ3) is 2.79. The van der Waals surface area contributed by atoms with Gasteiger partial charge in [-0.05, 0) is 17.9 Å². The van der Waals surface area contributed by atoms with Gasteiger partial charge >= 0.3 is 0 Å². The molecule has 0 amide bonds. The van der Waals surface area contributed by atoms with E-state index in [2.05, 4.69) is 0 Å². The van der Waals surface area contributed by atoms with Crippen molar-refractivity contribution in [2.45, 2.75) is 12.8 Å². The highest BCUT2D eigenvalue weighted by Gasteiger charge is 2.14. The molecule has 98 valence electrons. The van der Waals surface area contributed by atoms with Crippen LogP contribution in [0.15, 0.2) is 36.4 Å². The average Bonchev–Trinajstić information content (AvgIpc) is 2.48. The molecule has 20 heavy (non-hydrogen) atoms.